The molecule has 5 nitrogen and oxygen atoms in total. The highest BCUT2D eigenvalue weighted by Gasteiger charge is 2.33. The lowest BCUT2D eigenvalue weighted by Crippen LogP contribution is -2.28. The first-order valence-corrected chi connectivity index (χ1v) is 7.73. The lowest BCUT2D eigenvalue weighted by atomic mass is 10.2. The van der Waals surface area contributed by atoms with Gasteiger partial charge in [-0.3, -0.25) is 9.59 Å². The van der Waals surface area contributed by atoms with E-state index in [9.17, 15) is 9.59 Å². The van der Waals surface area contributed by atoms with Crippen molar-refractivity contribution < 1.29 is 14.3 Å². The molecule has 122 valence electrons. The molecule has 0 radical (unpaired) electrons. The van der Waals surface area contributed by atoms with Crippen LogP contribution in [0.2, 0.25) is 0 Å². The zero-order chi connectivity index (χ0) is 17.1. The van der Waals surface area contributed by atoms with Gasteiger partial charge in [-0.05, 0) is 55.5 Å². The summed E-state index contributed by atoms with van der Waals surface area (Å²) in [7, 11) is 0. The van der Waals surface area contributed by atoms with Crippen molar-refractivity contribution in [1.29, 1.82) is 0 Å². The van der Waals surface area contributed by atoms with Gasteiger partial charge in [-0.1, -0.05) is 6.58 Å². The fourth-order valence-corrected chi connectivity index (χ4v) is 2.53. The molecule has 1 heterocycles. The number of benzene rings is 2. The van der Waals surface area contributed by atoms with Gasteiger partial charge in [-0.15, -0.1) is 0 Å². The molecular weight excluding hydrogens is 304 g/mol. The normalized spacial score (nSPS) is 14.2. The summed E-state index contributed by atoms with van der Waals surface area (Å²) in [6, 6.07) is 14.8. The van der Waals surface area contributed by atoms with Crippen LogP contribution in [0, 0.1) is 0 Å². The van der Waals surface area contributed by atoms with Crippen molar-refractivity contribution >= 4 is 28.9 Å². The minimum atomic E-state index is -0.327. The highest BCUT2D eigenvalue weighted by molar-refractivity contribution is 6.27. The van der Waals surface area contributed by atoms with E-state index in [0.29, 0.717) is 17.9 Å². The fraction of sp³-hybridized carbons (Fsp3) is 0.158. The lowest BCUT2D eigenvalue weighted by Gasteiger charge is -2.14. The van der Waals surface area contributed by atoms with Gasteiger partial charge < -0.3 is 10.1 Å². The Morgan fingerprint density at radius 3 is 2.12 bits per heavy atom. The Labute approximate surface area is 140 Å². The van der Waals surface area contributed by atoms with Crippen LogP contribution < -0.4 is 15.0 Å². The average molecular weight is 322 g/mol. The minimum absolute atomic E-state index is 0.0883. The van der Waals surface area contributed by atoms with E-state index >= 15 is 0 Å². The van der Waals surface area contributed by atoms with E-state index in [4.69, 9.17) is 4.74 Å². The van der Waals surface area contributed by atoms with Crippen LogP contribution >= 0.6 is 0 Å². The number of nitrogens with one attached hydrogen (secondary N) is 1. The molecule has 2 amide bonds. The molecule has 3 rings (SSSR count). The SMILES string of the molecule is C=C1CC(=O)N(c2ccc(Nc3ccc(OCC)cc3)cc2)C1=O. The Bertz CT molecular complexity index is 779. The fourth-order valence-electron chi connectivity index (χ4n) is 2.53. The number of carbonyl (C=O) groups excluding carboxylic acids is 2. The standard InChI is InChI=1S/C19H18N2O3/c1-3-24-17-10-6-15(7-11-17)20-14-4-8-16(9-5-14)21-18(22)12-13(2)19(21)23/h4-11,20H,2-3,12H2,1H3. The first-order valence-electron chi connectivity index (χ1n) is 7.73. The Morgan fingerprint density at radius 1 is 1.04 bits per heavy atom. The van der Waals surface area contributed by atoms with E-state index in [1.54, 1.807) is 12.1 Å². The van der Waals surface area contributed by atoms with Crippen LogP contribution in [-0.4, -0.2) is 18.4 Å². The molecule has 1 saturated heterocycles. The van der Waals surface area contributed by atoms with Gasteiger partial charge in [0.2, 0.25) is 5.91 Å². The van der Waals surface area contributed by atoms with Crippen molar-refractivity contribution in [3.63, 3.8) is 0 Å². The molecule has 1 fully saturated rings. The summed E-state index contributed by atoms with van der Waals surface area (Å²) in [5.74, 6) is 0.258. The second kappa shape index (κ2) is 6.58. The second-order valence-electron chi connectivity index (χ2n) is 5.44. The van der Waals surface area contributed by atoms with Crippen molar-refractivity contribution in [3.05, 3.63) is 60.7 Å². The summed E-state index contributed by atoms with van der Waals surface area (Å²) in [6.07, 6.45) is 0.0883. The molecule has 1 aliphatic rings. The van der Waals surface area contributed by atoms with Crippen LogP contribution in [0.1, 0.15) is 13.3 Å². The van der Waals surface area contributed by atoms with Crippen LogP contribution in [0.25, 0.3) is 0 Å². The first kappa shape index (κ1) is 15.8. The molecule has 1 aliphatic heterocycles. The van der Waals surface area contributed by atoms with E-state index in [1.807, 2.05) is 43.3 Å². The first-order chi connectivity index (χ1) is 11.6. The lowest BCUT2D eigenvalue weighted by molar-refractivity contribution is -0.120. The summed E-state index contributed by atoms with van der Waals surface area (Å²) < 4.78 is 5.41. The third-order valence-corrected chi connectivity index (χ3v) is 3.70. The van der Waals surface area contributed by atoms with Gasteiger partial charge in [-0.25, -0.2) is 4.90 Å². The van der Waals surface area contributed by atoms with Crippen molar-refractivity contribution in [2.45, 2.75) is 13.3 Å². The zero-order valence-corrected chi connectivity index (χ0v) is 13.4. The number of rotatable bonds is 5. The number of anilines is 3. The highest BCUT2D eigenvalue weighted by Crippen LogP contribution is 2.27. The maximum absolute atomic E-state index is 12.0. The predicted octanol–water partition coefficient (Wildman–Crippen LogP) is 3.65. The number of hydrogen-bond acceptors (Lipinski definition) is 4. The van der Waals surface area contributed by atoms with E-state index in [-0.39, 0.29) is 18.2 Å². The smallest absolute Gasteiger partial charge is 0.260 e. The Kier molecular flexibility index (Phi) is 4.33. The Hall–Kier alpha value is -3.08. The van der Waals surface area contributed by atoms with E-state index in [1.165, 1.54) is 4.90 Å². The Balaban J connectivity index is 1.72. The van der Waals surface area contributed by atoms with Crippen LogP contribution in [0.5, 0.6) is 5.75 Å². The summed E-state index contributed by atoms with van der Waals surface area (Å²) in [6.45, 7) is 6.20. The highest BCUT2D eigenvalue weighted by atomic mass is 16.5. The van der Waals surface area contributed by atoms with Gasteiger partial charge in [-0.2, -0.15) is 0 Å². The zero-order valence-electron chi connectivity index (χ0n) is 13.4. The molecule has 0 atom stereocenters. The van der Waals surface area contributed by atoms with Crippen LogP contribution in [0.15, 0.2) is 60.7 Å². The molecule has 0 bridgehead atoms. The number of nitrogens with zero attached hydrogens (tertiary/aromatic N) is 1. The van der Waals surface area contributed by atoms with Gasteiger partial charge in [0.25, 0.3) is 5.91 Å². The molecule has 0 spiro atoms. The average Bonchev–Trinajstić information content (AvgIpc) is 2.83. The molecule has 0 saturated carbocycles. The maximum Gasteiger partial charge on any atom is 0.260 e. The van der Waals surface area contributed by atoms with Crippen LogP contribution in [0.3, 0.4) is 0 Å². The molecular formula is C19H18N2O3. The Morgan fingerprint density at radius 2 is 1.62 bits per heavy atom. The van der Waals surface area contributed by atoms with Gasteiger partial charge in [0.05, 0.1) is 18.7 Å². The number of hydrogen-bond donors (Lipinski definition) is 1. The van der Waals surface area contributed by atoms with Gasteiger partial charge >= 0.3 is 0 Å². The molecule has 24 heavy (non-hydrogen) atoms. The van der Waals surface area contributed by atoms with Gasteiger partial charge in [0.1, 0.15) is 5.75 Å². The summed E-state index contributed by atoms with van der Waals surface area (Å²) in [5, 5.41) is 3.26. The van der Waals surface area contributed by atoms with Crippen molar-refractivity contribution in [2.24, 2.45) is 0 Å². The van der Waals surface area contributed by atoms with Gasteiger partial charge in [0.15, 0.2) is 0 Å². The second-order valence-corrected chi connectivity index (χ2v) is 5.44. The number of amides is 2. The molecule has 0 aromatic heterocycles. The van der Waals surface area contributed by atoms with Crippen molar-refractivity contribution in [2.75, 3.05) is 16.8 Å². The number of carbonyl (C=O) groups is 2. The van der Waals surface area contributed by atoms with E-state index < -0.39 is 0 Å². The van der Waals surface area contributed by atoms with Crippen LogP contribution in [-0.2, 0) is 9.59 Å². The van der Waals surface area contributed by atoms with Crippen molar-refractivity contribution in [1.82, 2.24) is 0 Å². The van der Waals surface area contributed by atoms with E-state index in [0.717, 1.165) is 17.1 Å². The molecule has 1 N–H and O–H groups in total. The maximum atomic E-state index is 12.0. The topological polar surface area (TPSA) is 58.6 Å². The molecule has 5 heteroatoms. The molecule has 0 unspecified atom stereocenters. The van der Waals surface area contributed by atoms with Crippen molar-refractivity contribution in [3.8, 4) is 5.75 Å². The van der Waals surface area contributed by atoms with E-state index in [2.05, 4.69) is 11.9 Å². The summed E-state index contributed by atoms with van der Waals surface area (Å²) in [5.41, 5.74) is 2.67. The molecule has 2 aromatic carbocycles. The predicted molar refractivity (Wildman–Crippen MR) is 93.6 cm³/mol. The summed E-state index contributed by atoms with van der Waals surface area (Å²) in [4.78, 5) is 25.0. The number of ether oxygens (including phenoxy) is 1. The molecule has 2 aromatic rings. The monoisotopic (exact) mass is 322 g/mol. The minimum Gasteiger partial charge on any atom is -0.494 e. The quantitative estimate of drug-likeness (QED) is 0.674. The molecule has 0 aliphatic carbocycles. The third kappa shape index (κ3) is 3.15. The summed E-state index contributed by atoms with van der Waals surface area (Å²) >= 11 is 0. The van der Waals surface area contributed by atoms with Crippen LogP contribution in [0.4, 0.5) is 17.1 Å². The largest absolute Gasteiger partial charge is 0.494 e. The third-order valence-electron chi connectivity index (χ3n) is 3.70. The number of imide groups is 1. The van der Waals surface area contributed by atoms with Gasteiger partial charge in [0, 0.05) is 16.9 Å².